The number of rotatable bonds is 4. The summed E-state index contributed by atoms with van der Waals surface area (Å²) in [5.74, 6) is 0.150. The molecule has 0 spiro atoms. The van der Waals surface area contributed by atoms with Crippen LogP contribution in [0, 0.1) is 0 Å². The Labute approximate surface area is 160 Å². The molecule has 1 aliphatic carbocycles. The molecule has 0 unspecified atom stereocenters. The summed E-state index contributed by atoms with van der Waals surface area (Å²) in [6, 6.07) is 17.5. The minimum Gasteiger partial charge on any atom is -0.448 e. The molecule has 0 aliphatic heterocycles. The Morgan fingerprint density at radius 3 is 2.41 bits per heavy atom. The minimum atomic E-state index is -0.637. The van der Waals surface area contributed by atoms with Gasteiger partial charge in [0.2, 0.25) is 0 Å². The van der Waals surface area contributed by atoms with Crippen LogP contribution in [0.3, 0.4) is 0 Å². The monoisotopic (exact) mass is 379 g/mol. The van der Waals surface area contributed by atoms with Crippen molar-refractivity contribution in [1.29, 1.82) is 0 Å². The van der Waals surface area contributed by atoms with Crippen LogP contribution in [0.4, 0.5) is 10.6 Å². The maximum absolute atomic E-state index is 12.2. The topological polar surface area (TPSA) is 84.1 Å². The van der Waals surface area contributed by atoms with E-state index in [0.717, 1.165) is 11.1 Å². The molecule has 1 aromatic heterocycles. The van der Waals surface area contributed by atoms with E-state index in [4.69, 9.17) is 4.74 Å². The minimum absolute atomic E-state index is 0.0166. The zero-order chi connectivity index (χ0) is 18.8. The highest BCUT2D eigenvalue weighted by Gasteiger charge is 2.29. The van der Waals surface area contributed by atoms with Crippen molar-refractivity contribution in [2.75, 3.05) is 18.2 Å². The number of thioether (sulfide) groups is 1. The average Bonchev–Trinajstić information content (AvgIpc) is 3.00. The van der Waals surface area contributed by atoms with Crippen LogP contribution in [-0.4, -0.2) is 28.9 Å². The van der Waals surface area contributed by atoms with Gasteiger partial charge in [-0.15, -0.1) is 0 Å². The molecule has 0 saturated heterocycles. The van der Waals surface area contributed by atoms with Crippen LogP contribution in [-0.2, 0) is 4.74 Å². The molecule has 136 valence electrons. The molecule has 0 atom stereocenters. The van der Waals surface area contributed by atoms with E-state index in [9.17, 15) is 9.59 Å². The summed E-state index contributed by atoms with van der Waals surface area (Å²) in [7, 11) is 0. The molecular weight excluding hydrogens is 362 g/mol. The first-order chi connectivity index (χ1) is 13.2. The van der Waals surface area contributed by atoms with Crippen molar-refractivity contribution in [2.24, 2.45) is 0 Å². The number of fused-ring (bicyclic) bond motifs is 3. The number of benzene rings is 2. The zero-order valence-electron chi connectivity index (χ0n) is 14.6. The molecule has 1 heterocycles. The van der Waals surface area contributed by atoms with E-state index in [2.05, 4.69) is 39.6 Å². The molecule has 3 aromatic rings. The quantitative estimate of drug-likeness (QED) is 0.531. The number of nitrogens with zero attached hydrogens (tertiary/aromatic N) is 1. The lowest BCUT2D eigenvalue weighted by Gasteiger charge is -2.14. The Kier molecular flexibility index (Phi) is 4.68. The number of aromatic amines is 1. The Morgan fingerprint density at radius 2 is 1.78 bits per heavy atom. The number of carbonyl (C=O) groups is 1. The first-order valence-electron chi connectivity index (χ1n) is 8.43. The summed E-state index contributed by atoms with van der Waals surface area (Å²) >= 11 is 1.28. The second-order valence-corrected chi connectivity index (χ2v) is 6.89. The molecule has 27 heavy (non-hydrogen) atoms. The Bertz CT molecular complexity index is 1020. The number of H-pyrrole nitrogens is 1. The van der Waals surface area contributed by atoms with Crippen LogP contribution in [0.1, 0.15) is 17.0 Å². The maximum Gasteiger partial charge on any atom is 0.412 e. The molecule has 2 N–H and O–H groups in total. The van der Waals surface area contributed by atoms with Crippen molar-refractivity contribution < 1.29 is 9.53 Å². The van der Waals surface area contributed by atoms with Crippen molar-refractivity contribution in [1.82, 2.24) is 9.97 Å². The van der Waals surface area contributed by atoms with Gasteiger partial charge >= 0.3 is 6.09 Å². The number of hydrogen-bond donors (Lipinski definition) is 2. The van der Waals surface area contributed by atoms with E-state index in [-0.39, 0.29) is 23.9 Å². The lowest BCUT2D eigenvalue weighted by molar-refractivity contribution is 0.158. The SMILES string of the molecule is CSc1nc(NC(=O)OCC2c3ccccc3-c3ccccc32)cc(=O)[nH]1. The fourth-order valence-electron chi connectivity index (χ4n) is 3.34. The molecule has 0 saturated carbocycles. The number of carbonyl (C=O) groups excluding carboxylic acids is 1. The molecule has 1 amide bonds. The third-order valence-corrected chi connectivity index (χ3v) is 5.07. The molecule has 0 bridgehead atoms. The van der Waals surface area contributed by atoms with Gasteiger partial charge in [-0.05, 0) is 28.5 Å². The molecule has 7 heteroatoms. The third kappa shape index (κ3) is 3.46. The van der Waals surface area contributed by atoms with E-state index < -0.39 is 6.09 Å². The highest BCUT2D eigenvalue weighted by atomic mass is 32.2. The summed E-state index contributed by atoms with van der Waals surface area (Å²) in [4.78, 5) is 30.5. The molecule has 4 rings (SSSR count). The van der Waals surface area contributed by atoms with Crippen molar-refractivity contribution in [3.05, 3.63) is 76.1 Å². The van der Waals surface area contributed by atoms with Gasteiger partial charge in [0.05, 0.1) is 0 Å². The van der Waals surface area contributed by atoms with E-state index >= 15 is 0 Å². The molecule has 1 aliphatic rings. The van der Waals surface area contributed by atoms with E-state index in [1.807, 2.05) is 24.3 Å². The lowest BCUT2D eigenvalue weighted by atomic mass is 9.98. The van der Waals surface area contributed by atoms with Gasteiger partial charge < -0.3 is 9.72 Å². The fraction of sp³-hybridized carbons (Fsp3) is 0.150. The Balaban J connectivity index is 1.50. The number of amides is 1. The summed E-state index contributed by atoms with van der Waals surface area (Å²) in [6.45, 7) is 0.207. The first-order valence-corrected chi connectivity index (χ1v) is 9.65. The molecular formula is C20H17N3O3S. The first kappa shape index (κ1) is 17.4. The summed E-state index contributed by atoms with van der Waals surface area (Å²) in [5, 5.41) is 2.95. The molecule has 0 fully saturated rings. The second kappa shape index (κ2) is 7.28. The van der Waals surface area contributed by atoms with Crippen LogP contribution < -0.4 is 10.9 Å². The molecule has 6 nitrogen and oxygen atoms in total. The highest BCUT2D eigenvalue weighted by molar-refractivity contribution is 7.98. The van der Waals surface area contributed by atoms with Gasteiger partial charge in [0.15, 0.2) is 5.16 Å². The van der Waals surface area contributed by atoms with Gasteiger partial charge in [0.25, 0.3) is 5.56 Å². The van der Waals surface area contributed by atoms with Crippen LogP contribution in [0.5, 0.6) is 0 Å². The number of hydrogen-bond acceptors (Lipinski definition) is 5. The van der Waals surface area contributed by atoms with Crippen LogP contribution in [0.25, 0.3) is 11.1 Å². The predicted molar refractivity (Wildman–Crippen MR) is 105 cm³/mol. The zero-order valence-corrected chi connectivity index (χ0v) is 15.4. The van der Waals surface area contributed by atoms with E-state index in [1.54, 1.807) is 6.26 Å². The van der Waals surface area contributed by atoms with Crippen LogP contribution in [0.15, 0.2) is 64.5 Å². The van der Waals surface area contributed by atoms with Gasteiger partial charge in [-0.1, -0.05) is 60.3 Å². The van der Waals surface area contributed by atoms with E-state index in [0.29, 0.717) is 5.16 Å². The molecule has 0 radical (unpaired) electrons. The number of ether oxygens (including phenoxy) is 1. The summed E-state index contributed by atoms with van der Waals surface area (Å²) in [6.07, 6.45) is 1.15. The van der Waals surface area contributed by atoms with Crippen molar-refractivity contribution in [3.63, 3.8) is 0 Å². The maximum atomic E-state index is 12.2. The normalized spacial score (nSPS) is 12.3. The summed E-state index contributed by atoms with van der Waals surface area (Å²) in [5.41, 5.74) is 4.30. The summed E-state index contributed by atoms with van der Waals surface area (Å²) < 4.78 is 5.45. The second-order valence-electron chi connectivity index (χ2n) is 6.09. The smallest absolute Gasteiger partial charge is 0.412 e. The average molecular weight is 379 g/mol. The van der Waals surface area contributed by atoms with Crippen molar-refractivity contribution in [3.8, 4) is 11.1 Å². The predicted octanol–water partition coefficient (Wildman–Crippen LogP) is 3.85. The molecule has 2 aromatic carbocycles. The van der Waals surface area contributed by atoms with Gasteiger partial charge in [-0.3, -0.25) is 10.1 Å². The number of aromatic nitrogens is 2. The van der Waals surface area contributed by atoms with Crippen LogP contribution >= 0.6 is 11.8 Å². The number of nitrogens with one attached hydrogen (secondary N) is 2. The lowest BCUT2D eigenvalue weighted by Crippen LogP contribution is -2.20. The van der Waals surface area contributed by atoms with Gasteiger partial charge in [-0.2, -0.15) is 0 Å². The third-order valence-electron chi connectivity index (χ3n) is 4.49. The van der Waals surface area contributed by atoms with Gasteiger partial charge in [-0.25, -0.2) is 9.78 Å². The standard InChI is InChI=1S/C20H17N3O3S/c1-27-19-21-17(10-18(24)23-19)22-20(25)26-11-16-14-8-4-2-6-12(14)13-7-3-5-9-15(13)16/h2-10,16H,11H2,1H3,(H2,21,22,23,24,25). The highest BCUT2D eigenvalue weighted by Crippen LogP contribution is 2.44. The van der Waals surface area contributed by atoms with E-state index in [1.165, 1.54) is 29.0 Å². The van der Waals surface area contributed by atoms with Crippen molar-refractivity contribution in [2.45, 2.75) is 11.1 Å². The fourth-order valence-corrected chi connectivity index (χ4v) is 3.73. The Morgan fingerprint density at radius 1 is 1.15 bits per heavy atom. The van der Waals surface area contributed by atoms with Gasteiger partial charge in [0, 0.05) is 12.0 Å². The van der Waals surface area contributed by atoms with Gasteiger partial charge in [0.1, 0.15) is 12.4 Å². The number of anilines is 1. The largest absolute Gasteiger partial charge is 0.448 e. The Hall–Kier alpha value is -3.06. The van der Waals surface area contributed by atoms with Crippen molar-refractivity contribution >= 4 is 23.7 Å². The van der Waals surface area contributed by atoms with Crippen LogP contribution in [0.2, 0.25) is 0 Å².